The monoisotopic (exact) mass is 218 g/mol. The molecule has 0 atom stereocenters. The lowest BCUT2D eigenvalue weighted by molar-refractivity contribution is -0.117. The van der Waals surface area contributed by atoms with Crippen LogP contribution in [0, 0.1) is 5.92 Å². The first-order valence-electron chi connectivity index (χ1n) is 4.86. The van der Waals surface area contributed by atoms with E-state index >= 15 is 0 Å². The number of hydrogen-bond acceptors (Lipinski definition) is 2. The second kappa shape index (κ2) is 5.86. The van der Waals surface area contributed by atoms with E-state index in [1.54, 1.807) is 0 Å². The predicted molar refractivity (Wildman–Crippen MR) is 54.2 cm³/mol. The van der Waals surface area contributed by atoms with Crippen molar-refractivity contribution in [2.45, 2.75) is 25.7 Å². The van der Waals surface area contributed by atoms with Gasteiger partial charge in [-0.1, -0.05) is 12.8 Å². The van der Waals surface area contributed by atoms with Gasteiger partial charge in [0.2, 0.25) is 5.91 Å². The van der Waals surface area contributed by atoms with E-state index < -0.39 is 11.9 Å². The summed E-state index contributed by atoms with van der Waals surface area (Å²) in [7, 11) is 0. The van der Waals surface area contributed by atoms with Crippen LogP contribution in [-0.2, 0) is 4.79 Å². The van der Waals surface area contributed by atoms with E-state index in [4.69, 9.17) is 11.6 Å². The fraction of sp³-hybridized carbons (Fsp3) is 0.778. The standard InChI is InChI=1S/C9H15ClN2O2/c10-6-8(13)12-9(14)11-5-1-2-7-3-4-7/h7H,1-6H2,(H2,11,12,13,14). The van der Waals surface area contributed by atoms with Crippen molar-refractivity contribution in [1.82, 2.24) is 10.6 Å². The van der Waals surface area contributed by atoms with Gasteiger partial charge in [0.1, 0.15) is 5.88 Å². The van der Waals surface area contributed by atoms with Crippen molar-refractivity contribution in [3.8, 4) is 0 Å². The molecular weight excluding hydrogens is 204 g/mol. The zero-order valence-corrected chi connectivity index (χ0v) is 8.77. The molecule has 4 nitrogen and oxygen atoms in total. The van der Waals surface area contributed by atoms with Crippen molar-refractivity contribution in [3.05, 3.63) is 0 Å². The maximum absolute atomic E-state index is 11.0. The van der Waals surface area contributed by atoms with Crippen molar-refractivity contribution in [2.75, 3.05) is 12.4 Å². The van der Waals surface area contributed by atoms with Gasteiger partial charge in [-0.25, -0.2) is 4.79 Å². The summed E-state index contributed by atoms with van der Waals surface area (Å²) in [6.45, 7) is 0.623. The Kier molecular flexibility index (Phi) is 4.73. The molecule has 0 aromatic rings. The quantitative estimate of drug-likeness (QED) is 0.539. The van der Waals surface area contributed by atoms with E-state index in [1.165, 1.54) is 19.3 Å². The van der Waals surface area contributed by atoms with Crippen LogP contribution < -0.4 is 10.6 Å². The summed E-state index contributed by atoms with van der Waals surface area (Å²) in [6, 6.07) is -0.452. The van der Waals surface area contributed by atoms with E-state index in [0.29, 0.717) is 6.54 Å². The minimum atomic E-state index is -0.466. The number of alkyl halides is 1. The van der Waals surface area contributed by atoms with Crippen molar-refractivity contribution < 1.29 is 9.59 Å². The van der Waals surface area contributed by atoms with E-state index in [1.807, 2.05) is 0 Å². The molecule has 3 amide bonds. The number of carbonyl (C=O) groups excluding carboxylic acids is 2. The fourth-order valence-corrected chi connectivity index (χ4v) is 1.27. The average molecular weight is 219 g/mol. The summed E-state index contributed by atoms with van der Waals surface area (Å²) in [6.07, 6.45) is 4.81. The summed E-state index contributed by atoms with van der Waals surface area (Å²) >= 11 is 5.22. The van der Waals surface area contributed by atoms with Crippen molar-refractivity contribution >= 4 is 23.5 Å². The predicted octanol–water partition coefficient (Wildman–Crippen LogP) is 1.24. The van der Waals surface area contributed by atoms with Gasteiger partial charge in [-0.05, 0) is 18.8 Å². The van der Waals surface area contributed by atoms with Crippen LogP contribution in [0.25, 0.3) is 0 Å². The Morgan fingerprint density at radius 1 is 1.36 bits per heavy atom. The summed E-state index contributed by atoms with van der Waals surface area (Å²) in [5, 5.41) is 4.71. The Labute approximate surface area is 88.4 Å². The van der Waals surface area contributed by atoms with Gasteiger partial charge in [0.05, 0.1) is 0 Å². The molecule has 0 aromatic heterocycles. The lowest BCUT2D eigenvalue weighted by atomic mass is 10.2. The van der Waals surface area contributed by atoms with Crippen molar-refractivity contribution in [3.63, 3.8) is 0 Å². The van der Waals surface area contributed by atoms with E-state index in [-0.39, 0.29) is 5.88 Å². The maximum atomic E-state index is 11.0. The molecule has 0 saturated heterocycles. The van der Waals surface area contributed by atoms with Gasteiger partial charge in [-0.3, -0.25) is 10.1 Å². The summed E-state index contributed by atoms with van der Waals surface area (Å²) < 4.78 is 0. The molecule has 0 spiro atoms. The Balaban J connectivity index is 1.93. The first-order valence-corrected chi connectivity index (χ1v) is 5.39. The fourth-order valence-electron chi connectivity index (χ4n) is 1.20. The average Bonchev–Trinajstić information content (AvgIpc) is 2.96. The maximum Gasteiger partial charge on any atom is 0.321 e. The van der Waals surface area contributed by atoms with Gasteiger partial charge < -0.3 is 5.32 Å². The van der Waals surface area contributed by atoms with Crippen LogP contribution in [0.3, 0.4) is 0 Å². The van der Waals surface area contributed by atoms with Crippen LogP contribution >= 0.6 is 11.6 Å². The number of urea groups is 1. The number of amides is 3. The van der Waals surface area contributed by atoms with E-state index in [0.717, 1.165) is 12.3 Å². The second-order valence-corrected chi connectivity index (χ2v) is 3.79. The molecule has 1 saturated carbocycles. The Morgan fingerprint density at radius 3 is 2.64 bits per heavy atom. The molecule has 5 heteroatoms. The van der Waals surface area contributed by atoms with Gasteiger partial charge in [0.25, 0.3) is 0 Å². The lowest BCUT2D eigenvalue weighted by Crippen LogP contribution is -2.40. The van der Waals surface area contributed by atoms with Crippen molar-refractivity contribution in [2.24, 2.45) is 5.92 Å². The summed E-state index contributed by atoms with van der Waals surface area (Å²) in [5.74, 6) is 0.228. The molecule has 0 aliphatic heterocycles. The summed E-state index contributed by atoms with van der Waals surface area (Å²) in [5.41, 5.74) is 0. The Morgan fingerprint density at radius 2 is 2.07 bits per heavy atom. The molecule has 80 valence electrons. The van der Waals surface area contributed by atoms with Crippen LogP contribution in [0.4, 0.5) is 4.79 Å². The van der Waals surface area contributed by atoms with Crippen LogP contribution in [0.15, 0.2) is 0 Å². The zero-order valence-electron chi connectivity index (χ0n) is 8.01. The van der Waals surface area contributed by atoms with Gasteiger partial charge in [0.15, 0.2) is 0 Å². The minimum absolute atomic E-state index is 0.185. The Bertz CT molecular complexity index is 217. The molecule has 0 radical (unpaired) electrons. The third-order valence-electron chi connectivity index (χ3n) is 2.15. The van der Waals surface area contributed by atoms with Crippen LogP contribution in [0.1, 0.15) is 25.7 Å². The largest absolute Gasteiger partial charge is 0.338 e. The number of halogens is 1. The highest BCUT2D eigenvalue weighted by Crippen LogP contribution is 2.33. The topological polar surface area (TPSA) is 58.2 Å². The van der Waals surface area contributed by atoms with Crippen LogP contribution in [-0.4, -0.2) is 24.4 Å². The third kappa shape index (κ3) is 5.07. The minimum Gasteiger partial charge on any atom is -0.338 e. The summed E-state index contributed by atoms with van der Waals surface area (Å²) in [4.78, 5) is 21.6. The molecule has 0 aromatic carbocycles. The number of carbonyl (C=O) groups is 2. The highest BCUT2D eigenvalue weighted by molar-refractivity contribution is 6.28. The first-order chi connectivity index (χ1) is 6.72. The second-order valence-electron chi connectivity index (χ2n) is 3.52. The molecule has 2 N–H and O–H groups in total. The van der Waals surface area contributed by atoms with Gasteiger partial charge >= 0.3 is 6.03 Å². The SMILES string of the molecule is O=C(CCl)NC(=O)NCCCC1CC1. The number of hydrogen-bond donors (Lipinski definition) is 2. The van der Waals surface area contributed by atoms with Gasteiger partial charge in [0, 0.05) is 6.54 Å². The molecule has 0 unspecified atom stereocenters. The van der Waals surface area contributed by atoms with E-state index in [2.05, 4.69) is 10.6 Å². The molecule has 1 rings (SSSR count). The zero-order chi connectivity index (χ0) is 10.4. The first kappa shape index (κ1) is 11.3. The smallest absolute Gasteiger partial charge is 0.321 e. The molecule has 1 aliphatic carbocycles. The molecular formula is C9H15ClN2O2. The third-order valence-corrected chi connectivity index (χ3v) is 2.39. The van der Waals surface area contributed by atoms with E-state index in [9.17, 15) is 9.59 Å². The molecule has 0 heterocycles. The molecule has 0 bridgehead atoms. The molecule has 1 aliphatic rings. The molecule has 14 heavy (non-hydrogen) atoms. The van der Waals surface area contributed by atoms with Crippen LogP contribution in [0.2, 0.25) is 0 Å². The van der Waals surface area contributed by atoms with Crippen molar-refractivity contribution in [1.29, 1.82) is 0 Å². The highest BCUT2D eigenvalue weighted by atomic mass is 35.5. The van der Waals surface area contributed by atoms with Gasteiger partial charge in [-0.15, -0.1) is 11.6 Å². The number of rotatable bonds is 5. The molecule has 1 fully saturated rings. The normalized spacial score (nSPS) is 14.9. The number of imide groups is 1. The van der Waals surface area contributed by atoms with Gasteiger partial charge in [-0.2, -0.15) is 0 Å². The highest BCUT2D eigenvalue weighted by Gasteiger charge is 2.20. The number of nitrogens with one attached hydrogen (secondary N) is 2. The Hall–Kier alpha value is -0.770. The van der Waals surface area contributed by atoms with Crippen LogP contribution in [0.5, 0.6) is 0 Å². The lowest BCUT2D eigenvalue weighted by Gasteiger charge is -2.04.